The van der Waals surface area contributed by atoms with Crippen LogP contribution in [-0.2, 0) is 0 Å². The van der Waals surface area contributed by atoms with Crippen molar-refractivity contribution in [2.45, 2.75) is 6.04 Å². The van der Waals surface area contributed by atoms with Gasteiger partial charge in [0.15, 0.2) is 17.5 Å². The third-order valence-corrected chi connectivity index (χ3v) is 3.40. The summed E-state index contributed by atoms with van der Waals surface area (Å²) < 4.78 is 40.3. The number of fused-ring (bicyclic) bond motifs is 1. The Balaban J connectivity index is 2.17. The normalized spacial score (nSPS) is 12.6. The van der Waals surface area contributed by atoms with E-state index in [2.05, 4.69) is 4.98 Å². The summed E-state index contributed by atoms with van der Waals surface area (Å²) in [6.45, 7) is 0. The Kier molecular flexibility index (Phi) is 3.35. The Bertz CT molecular complexity index is 812. The van der Waals surface area contributed by atoms with E-state index in [9.17, 15) is 13.2 Å². The molecule has 0 spiro atoms. The van der Waals surface area contributed by atoms with Crippen LogP contribution in [0.25, 0.3) is 10.9 Å². The van der Waals surface area contributed by atoms with Gasteiger partial charge < -0.3 is 5.73 Å². The average Bonchev–Trinajstić information content (AvgIpc) is 2.51. The van der Waals surface area contributed by atoms with Gasteiger partial charge in [-0.3, -0.25) is 4.98 Å². The number of hydrogen-bond donors (Lipinski definition) is 1. The number of aromatic nitrogens is 1. The van der Waals surface area contributed by atoms with E-state index in [1.807, 2.05) is 12.1 Å². The Hall–Kier alpha value is -2.40. The SMILES string of the molecule is NC(c1ccc(F)c(F)c1F)c1cccc2cccnc12. The van der Waals surface area contributed by atoms with E-state index in [4.69, 9.17) is 5.73 Å². The molecule has 0 bridgehead atoms. The molecule has 1 unspecified atom stereocenters. The molecular formula is C16H11F3N2. The Morgan fingerprint density at radius 2 is 1.62 bits per heavy atom. The van der Waals surface area contributed by atoms with Crippen LogP contribution >= 0.6 is 0 Å². The van der Waals surface area contributed by atoms with Crippen LogP contribution in [0.3, 0.4) is 0 Å². The van der Waals surface area contributed by atoms with E-state index in [1.54, 1.807) is 24.4 Å². The van der Waals surface area contributed by atoms with E-state index in [0.29, 0.717) is 11.1 Å². The zero-order valence-electron chi connectivity index (χ0n) is 10.9. The molecule has 0 saturated carbocycles. The second-order valence-corrected chi connectivity index (χ2v) is 4.66. The second-order valence-electron chi connectivity index (χ2n) is 4.66. The molecular weight excluding hydrogens is 277 g/mol. The molecule has 5 heteroatoms. The molecule has 1 aromatic heterocycles. The molecule has 1 atom stereocenters. The van der Waals surface area contributed by atoms with Crippen molar-refractivity contribution in [3.05, 3.63) is 77.2 Å². The van der Waals surface area contributed by atoms with Crippen LogP contribution in [0, 0.1) is 17.5 Å². The maximum Gasteiger partial charge on any atom is 0.194 e. The average molecular weight is 288 g/mol. The molecule has 21 heavy (non-hydrogen) atoms. The molecule has 2 nitrogen and oxygen atoms in total. The van der Waals surface area contributed by atoms with Gasteiger partial charge in [0.25, 0.3) is 0 Å². The van der Waals surface area contributed by atoms with Crippen molar-refractivity contribution in [3.8, 4) is 0 Å². The highest BCUT2D eigenvalue weighted by molar-refractivity contribution is 5.82. The first-order valence-electron chi connectivity index (χ1n) is 6.32. The Labute approximate surface area is 119 Å². The van der Waals surface area contributed by atoms with Gasteiger partial charge in [0.1, 0.15) is 0 Å². The van der Waals surface area contributed by atoms with Gasteiger partial charge in [-0.15, -0.1) is 0 Å². The minimum Gasteiger partial charge on any atom is -0.320 e. The third-order valence-electron chi connectivity index (χ3n) is 3.40. The van der Waals surface area contributed by atoms with Gasteiger partial charge in [-0.05, 0) is 17.7 Å². The van der Waals surface area contributed by atoms with Gasteiger partial charge in [-0.2, -0.15) is 0 Å². The van der Waals surface area contributed by atoms with Crippen molar-refractivity contribution in [2.75, 3.05) is 0 Å². The van der Waals surface area contributed by atoms with Crippen molar-refractivity contribution >= 4 is 10.9 Å². The molecule has 2 N–H and O–H groups in total. The van der Waals surface area contributed by atoms with Crippen LogP contribution in [0.5, 0.6) is 0 Å². The maximum absolute atomic E-state index is 13.9. The largest absolute Gasteiger partial charge is 0.320 e. The standard InChI is InChI=1S/C16H11F3N2/c17-12-7-6-10(13(18)14(12)19)15(20)11-5-1-3-9-4-2-8-21-16(9)11/h1-8,15H,20H2. The highest BCUT2D eigenvalue weighted by Gasteiger charge is 2.21. The number of para-hydroxylation sites is 1. The number of halogens is 3. The molecule has 0 amide bonds. The molecule has 0 fully saturated rings. The summed E-state index contributed by atoms with van der Waals surface area (Å²) in [7, 11) is 0. The zero-order chi connectivity index (χ0) is 15.0. The first-order valence-corrected chi connectivity index (χ1v) is 6.32. The highest BCUT2D eigenvalue weighted by atomic mass is 19.2. The summed E-state index contributed by atoms with van der Waals surface area (Å²) in [5.74, 6) is -4.02. The van der Waals surface area contributed by atoms with Crippen molar-refractivity contribution in [1.29, 1.82) is 0 Å². The predicted octanol–water partition coefficient (Wildman–Crippen LogP) is 3.70. The minimum absolute atomic E-state index is 0.105. The highest BCUT2D eigenvalue weighted by Crippen LogP contribution is 2.28. The maximum atomic E-state index is 13.9. The minimum atomic E-state index is -1.52. The van der Waals surface area contributed by atoms with Gasteiger partial charge in [0.2, 0.25) is 0 Å². The summed E-state index contributed by atoms with van der Waals surface area (Å²) >= 11 is 0. The van der Waals surface area contributed by atoms with Gasteiger partial charge in [0, 0.05) is 17.1 Å². The van der Waals surface area contributed by atoms with Crippen molar-refractivity contribution < 1.29 is 13.2 Å². The predicted molar refractivity (Wildman–Crippen MR) is 74.1 cm³/mol. The molecule has 1 heterocycles. The molecule has 0 radical (unpaired) electrons. The summed E-state index contributed by atoms with van der Waals surface area (Å²) in [5.41, 5.74) is 7.09. The van der Waals surface area contributed by atoms with Gasteiger partial charge >= 0.3 is 0 Å². The van der Waals surface area contributed by atoms with Crippen LogP contribution in [0.1, 0.15) is 17.2 Å². The van der Waals surface area contributed by atoms with E-state index >= 15 is 0 Å². The van der Waals surface area contributed by atoms with Crippen molar-refractivity contribution in [2.24, 2.45) is 5.73 Å². The van der Waals surface area contributed by atoms with E-state index in [1.165, 1.54) is 0 Å². The van der Waals surface area contributed by atoms with Crippen LogP contribution in [0.4, 0.5) is 13.2 Å². The summed E-state index contributed by atoms with van der Waals surface area (Å²) in [6.07, 6.45) is 1.60. The fourth-order valence-electron chi connectivity index (χ4n) is 2.33. The third kappa shape index (κ3) is 2.25. The number of benzene rings is 2. The summed E-state index contributed by atoms with van der Waals surface area (Å²) in [6, 6.07) is 10.0. The molecule has 2 aromatic carbocycles. The fraction of sp³-hybridized carbons (Fsp3) is 0.0625. The summed E-state index contributed by atoms with van der Waals surface area (Å²) in [4.78, 5) is 4.23. The lowest BCUT2D eigenvalue weighted by molar-refractivity contribution is 0.438. The van der Waals surface area contributed by atoms with Crippen LogP contribution in [0.2, 0.25) is 0 Å². The number of rotatable bonds is 2. The van der Waals surface area contributed by atoms with Gasteiger partial charge in [0.05, 0.1) is 11.6 Å². The fourth-order valence-corrected chi connectivity index (χ4v) is 2.33. The lowest BCUT2D eigenvalue weighted by Crippen LogP contribution is -2.15. The van der Waals surface area contributed by atoms with Gasteiger partial charge in [-0.25, -0.2) is 13.2 Å². The van der Waals surface area contributed by atoms with Crippen molar-refractivity contribution in [3.63, 3.8) is 0 Å². The molecule has 3 aromatic rings. The quantitative estimate of drug-likeness (QED) is 0.730. The van der Waals surface area contributed by atoms with E-state index < -0.39 is 23.5 Å². The lowest BCUT2D eigenvalue weighted by atomic mass is 9.96. The summed E-state index contributed by atoms with van der Waals surface area (Å²) in [5, 5.41) is 0.841. The second kappa shape index (κ2) is 5.18. The number of nitrogens with zero attached hydrogens (tertiary/aromatic N) is 1. The number of hydrogen-bond acceptors (Lipinski definition) is 2. The molecule has 0 saturated heterocycles. The molecule has 106 valence electrons. The van der Waals surface area contributed by atoms with E-state index in [0.717, 1.165) is 17.5 Å². The zero-order valence-corrected chi connectivity index (χ0v) is 10.9. The molecule has 0 aliphatic heterocycles. The first kappa shape index (κ1) is 13.6. The van der Waals surface area contributed by atoms with Gasteiger partial charge in [-0.1, -0.05) is 30.3 Å². The molecule has 0 aliphatic rings. The molecule has 3 rings (SSSR count). The molecule has 0 aliphatic carbocycles. The Morgan fingerprint density at radius 3 is 2.43 bits per heavy atom. The smallest absolute Gasteiger partial charge is 0.194 e. The van der Waals surface area contributed by atoms with Crippen LogP contribution in [0.15, 0.2) is 48.7 Å². The first-order chi connectivity index (χ1) is 10.1. The Morgan fingerprint density at radius 1 is 0.857 bits per heavy atom. The van der Waals surface area contributed by atoms with Crippen LogP contribution in [-0.4, -0.2) is 4.98 Å². The van der Waals surface area contributed by atoms with E-state index in [-0.39, 0.29) is 5.56 Å². The van der Waals surface area contributed by atoms with Crippen LogP contribution < -0.4 is 5.73 Å². The van der Waals surface area contributed by atoms with Crippen molar-refractivity contribution in [1.82, 2.24) is 4.98 Å². The topological polar surface area (TPSA) is 38.9 Å². The number of pyridine rings is 1. The lowest BCUT2D eigenvalue weighted by Gasteiger charge is -2.15. The monoisotopic (exact) mass is 288 g/mol. The number of nitrogens with two attached hydrogens (primary N) is 1.